The van der Waals surface area contributed by atoms with Crippen molar-refractivity contribution in [3.8, 4) is 11.3 Å². The molecule has 26 heavy (non-hydrogen) atoms. The molecule has 3 aromatic rings. The van der Waals surface area contributed by atoms with Gasteiger partial charge in [-0.1, -0.05) is 35.9 Å². The molecular weight excluding hydrogens is 351 g/mol. The number of piperazine rings is 1. The fourth-order valence-corrected chi connectivity index (χ4v) is 3.70. The van der Waals surface area contributed by atoms with Gasteiger partial charge in [0.15, 0.2) is 5.76 Å². The average Bonchev–Trinajstić information content (AvgIpc) is 3.11. The van der Waals surface area contributed by atoms with Gasteiger partial charge in [-0.2, -0.15) is 0 Å². The second-order valence-electron chi connectivity index (χ2n) is 6.61. The van der Waals surface area contributed by atoms with E-state index in [1.807, 2.05) is 48.5 Å². The van der Waals surface area contributed by atoms with Crippen LogP contribution in [0.3, 0.4) is 0 Å². The summed E-state index contributed by atoms with van der Waals surface area (Å²) in [5, 5.41) is 0.694. The predicted molar refractivity (Wildman–Crippen MR) is 102 cm³/mol. The Kier molecular flexibility index (Phi) is 4.96. The fraction of sp³-hybridized carbons (Fsp3) is 0.238. The smallest absolute Gasteiger partial charge is 0.158 e. The highest BCUT2D eigenvalue weighted by molar-refractivity contribution is 6.33. The summed E-state index contributed by atoms with van der Waals surface area (Å²) in [4.78, 5) is 3.56. The van der Waals surface area contributed by atoms with E-state index in [0.717, 1.165) is 49.8 Å². The highest BCUT2D eigenvalue weighted by Crippen LogP contribution is 2.28. The van der Waals surface area contributed by atoms with Crippen LogP contribution in [0.1, 0.15) is 5.76 Å². The molecule has 4 rings (SSSR count). The Morgan fingerprint density at radius 2 is 1.69 bits per heavy atom. The normalized spacial score (nSPS) is 15.4. The first-order valence-electron chi connectivity index (χ1n) is 8.87. The molecule has 1 saturated heterocycles. The standard InChI is InChI=1S/C21H20ClFN2O/c22-18-6-2-1-5-17(18)21-10-9-16(26-21)15-24-11-13-25(14-12-24)20-8-4-3-7-19(20)23/h1-10H,11-15H2/p+1. The number of anilines is 1. The summed E-state index contributed by atoms with van der Waals surface area (Å²) in [5.74, 6) is 1.61. The van der Waals surface area contributed by atoms with Crippen LogP contribution < -0.4 is 9.80 Å². The molecule has 1 aliphatic heterocycles. The number of nitrogens with zero attached hydrogens (tertiary/aromatic N) is 1. The van der Waals surface area contributed by atoms with E-state index in [0.29, 0.717) is 10.7 Å². The molecule has 0 unspecified atom stereocenters. The summed E-state index contributed by atoms with van der Waals surface area (Å²) in [7, 11) is 0. The summed E-state index contributed by atoms with van der Waals surface area (Å²) in [6.07, 6.45) is 0. The van der Waals surface area contributed by atoms with Crippen LogP contribution in [-0.2, 0) is 6.54 Å². The second kappa shape index (κ2) is 7.52. The molecule has 2 aromatic carbocycles. The van der Waals surface area contributed by atoms with Crippen molar-refractivity contribution in [2.75, 3.05) is 31.1 Å². The minimum absolute atomic E-state index is 0.147. The number of nitrogens with one attached hydrogen (secondary N) is 1. The van der Waals surface area contributed by atoms with E-state index >= 15 is 0 Å². The molecule has 0 spiro atoms. The molecule has 2 heterocycles. The molecule has 1 aromatic heterocycles. The molecular formula is C21H21ClFN2O+. The second-order valence-corrected chi connectivity index (χ2v) is 7.02. The third-order valence-corrected chi connectivity index (χ3v) is 5.22. The van der Waals surface area contributed by atoms with Gasteiger partial charge in [0.2, 0.25) is 0 Å². The molecule has 0 saturated carbocycles. The van der Waals surface area contributed by atoms with Gasteiger partial charge in [0, 0.05) is 5.56 Å². The lowest BCUT2D eigenvalue weighted by Gasteiger charge is -2.33. The SMILES string of the molecule is Fc1ccccc1N1CC[NH+](Cc2ccc(-c3ccccc3Cl)o2)CC1. The van der Waals surface area contributed by atoms with Gasteiger partial charge in [0.05, 0.1) is 36.9 Å². The van der Waals surface area contributed by atoms with E-state index in [1.54, 1.807) is 6.07 Å². The predicted octanol–water partition coefficient (Wildman–Crippen LogP) is 3.64. The lowest BCUT2D eigenvalue weighted by molar-refractivity contribution is -0.915. The molecule has 0 amide bonds. The first kappa shape index (κ1) is 17.1. The van der Waals surface area contributed by atoms with Crippen molar-refractivity contribution in [2.45, 2.75) is 6.54 Å². The highest BCUT2D eigenvalue weighted by Gasteiger charge is 2.23. The molecule has 1 fully saturated rings. The topological polar surface area (TPSA) is 20.8 Å². The zero-order chi connectivity index (χ0) is 17.9. The maximum atomic E-state index is 13.9. The van der Waals surface area contributed by atoms with Gasteiger partial charge in [0.1, 0.15) is 18.1 Å². The van der Waals surface area contributed by atoms with Gasteiger partial charge in [-0.3, -0.25) is 0 Å². The molecule has 0 aliphatic carbocycles. The molecule has 5 heteroatoms. The van der Waals surface area contributed by atoms with Crippen LogP contribution in [0.2, 0.25) is 5.02 Å². The Morgan fingerprint density at radius 1 is 0.962 bits per heavy atom. The van der Waals surface area contributed by atoms with Crippen molar-refractivity contribution in [1.82, 2.24) is 0 Å². The summed E-state index contributed by atoms with van der Waals surface area (Å²) >= 11 is 6.25. The first-order valence-corrected chi connectivity index (χ1v) is 9.25. The van der Waals surface area contributed by atoms with Crippen molar-refractivity contribution in [2.24, 2.45) is 0 Å². The van der Waals surface area contributed by atoms with Crippen LogP contribution >= 0.6 is 11.6 Å². The van der Waals surface area contributed by atoms with Gasteiger partial charge in [-0.15, -0.1) is 0 Å². The number of quaternary nitrogens is 1. The van der Waals surface area contributed by atoms with Crippen molar-refractivity contribution in [3.63, 3.8) is 0 Å². The number of rotatable bonds is 4. The quantitative estimate of drug-likeness (QED) is 0.755. The number of halogens is 2. The third-order valence-electron chi connectivity index (χ3n) is 4.89. The molecule has 0 radical (unpaired) electrons. The average molecular weight is 372 g/mol. The number of para-hydroxylation sites is 1. The van der Waals surface area contributed by atoms with Crippen LogP contribution in [-0.4, -0.2) is 26.2 Å². The van der Waals surface area contributed by atoms with Crippen LogP contribution in [0.15, 0.2) is 65.1 Å². The summed E-state index contributed by atoms with van der Waals surface area (Å²) < 4.78 is 19.9. The zero-order valence-corrected chi connectivity index (χ0v) is 15.2. The largest absolute Gasteiger partial charge is 0.455 e. The van der Waals surface area contributed by atoms with E-state index in [4.69, 9.17) is 16.0 Å². The van der Waals surface area contributed by atoms with E-state index in [9.17, 15) is 4.39 Å². The summed E-state index contributed by atoms with van der Waals surface area (Å²) in [5.41, 5.74) is 1.62. The Hall–Kier alpha value is -2.30. The molecule has 1 N–H and O–H groups in total. The van der Waals surface area contributed by atoms with Crippen LogP contribution in [0.25, 0.3) is 11.3 Å². The Bertz CT molecular complexity index is 887. The van der Waals surface area contributed by atoms with Gasteiger partial charge in [-0.25, -0.2) is 4.39 Å². The molecule has 1 aliphatic rings. The minimum atomic E-state index is -0.147. The van der Waals surface area contributed by atoms with Crippen LogP contribution in [0, 0.1) is 5.82 Å². The maximum Gasteiger partial charge on any atom is 0.158 e. The zero-order valence-electron chi connectivity index (χ0n) is 14.4. The molecule has 134 valence electrons. The van der Waals surface area contributed by atoms with E-state index in [1.165, 1.54) is 11.0 Å². The number of hydrogen-bond acceptors (Lipinski definition) is 2. The first-order chi connectivity index (χ1) is 12.7. The molecule has 3 nitrogen and oxygen atoms in total. The Balaban J connectivity index is 1.38. The number of hydrogen-bond donors (Lipinski definition) is 1. The number of furan rings is 1. The van der Waals surface area contributed by atoms with Crippen molar-refractivity contribution < 1.29 is 13.7 Å². The Labute approximate surface area is 157 Å². The monoisotopic (exact) mass is 371 g/mol. The van der Waals surface area contributed by atoms with Gasteiger partial charge in [-0.05, 0) is 36.4 Å². The van der Waals surface area contributed by atoms with E-state index < -0.39 is 0 Å². The molecule has 0 bridgehead atoms. The number of benzene rings is 2. The lowest BCUT2D eigenvalue weighted by Crippen LogP contribution is -3.13. The fourth-order valence-electron chi connectivity index (χ4n) is 3.47. The maximum absolute atomic E-state index is 13.9. The minimum Gasteiger partial charge on any atom is -0.455 e. The lowest BCUT2D eigenvalue weighted by atomic mass is 10.2. The van der Waals surface area contributed by atoms with E-state index in [2.05, 4.69) is 4.90 Å². The van der Waals surface area contributed by atoms with Crippen LogP contribution in [0.5, 0.6) is 0 Å². The van der Waals surface area contributed by atoms with E-state index in [-0.39, 0.29) is 5.82 Å². The third kappa shape index (κ3) is 3.62. The summed E-state index contributed by atoms with van der Waals surface area (Å²) in [6, 6.07) is 18.7. The highest BCUT2D eigenvalue weighted by atomic mass is 35.5. The van der Waals surface area contributed by atoms with Crippen molar-refractivity contribution in [1.29, 1.82) is 0 Å². The van der Waals surface area contributed by atoms with Crippen molar-refractivity contribution in [3.05, 3.63) is 77.3 Å². The Morgan fingerprint density at radius 3 is 2.46 bits per heavy atom. The van der Waals surface area contributed by atoms with Gasteiger partial charge in [0.25, 0.3) is 0 Å². The van der Waals surface area contributed by atoms with Crippen molar-refractivity contribution >= 4 is 17.3 Å². The summed E-state index contributed by atoms with van der Waals surface area (Å²) in [6.45, 7) is 4.42. The molecule has 0 atom stereocenters. The van der Waals surface area contributed by atoms with Gasteiger partial charge >= 0.3 is 0 Å². The van der Waals surface area contributed by atoms with Crippen LogP contribution in [0.4, 0.5) is 10.1 Å². The van der Waals surface area contributed by atoms with Gasteiger partial charge < -0.3 is 14.2 Å².